The molecule has 10 heteroatoms. The third kappa shape index (κ3) is 10.2. The summed E-state index contributed by atoms with van der Waals surface area (Å²) >= 11 is 0. The van der Waals surface area contributed by atoms with Crippen LogP contribution in [0.15, 0.2) is 48.6 Å². The molecule has 1 rings (SSSR count). The first-order valence-electron chi connectivity index (χ1n) is 11.5. The molecule has 0 fully saturated rings. The predicted molar refractivity (Wildman–Crippen MR) is 137 cm³/mol. The summed E-state index contributed by atoms with van der Waals surface area (Å²) in [5.74, 6) is -0.600. The fourth-order valence-corrected chi connectivity index (χ4v) is 2.94. The molecular formula is C26H38N4O6. The van der Waals surface area contributed by atoms with Crippen LogP contribution in [0, 0.1) is 0 Å². The highest BCUT2D eigenvalue weighted by Gasteiger charge is 2.28. The molecule has 198 valence electrons. The van der Waals surface area contributed by atoms with Gasteiger partial charge in [-0.3, -0.25) is 9.59 Å². The number of benzene rings is 1. The number of alkyl carbamates (subject to hydrolysis) is 2. The Kier molecular flexibility index (Phi) is 11.2. The molecule has 4 N–H and O–H groups in total. The van der Waals surface area contributed by atoms with Gasteiger partial charge in [0.05, 0.1) is 24.2 Å². The lowest BCUT2D eigenvalue weighted by Gasteiger charge is -2.30. The summed E-state index contributed by atoms with van der Waals surface area (Å²) in [6.07, 6.45) is -1.26. The third-order valence-corrected chi connectivity index (χ3v) is 5.15. The van der Waals surface area contributed by atoms with Crippen LogP contribution in [0.3, 0.4) is 0 Å². The second-order valence-electron chi connectivity index (χ2n) is 9.43. The van der Waals surface area contributed by atoms with Gasteiger partial charge >= 0.3 is 12.2 Å². The van der Waals surface area contributed by atoms with Gasteiger partial charge in [-0.1, -0.05) is 37.4 Å². The Morgan fingerprint density at radius 3 is 1.44 bits per heavy atom. The summed E-state index contributed by atoms with van der Waals surface area (Å²) in [5.41, 5.74) is 0.756. The van der Waals surface area contributed by atoms with Crippen molar-refractivity contribution >= 4 is 24.0 Å². The first-order valence-corrected chi connectivity index (χ1v) is 11.5. The van der Waals surface area contributed by atoms with E-state index >= 15 is 0 Å². The van der Waals surface area contributed by atoms with Crippen molar-refractivity contribution in [3.8, 4) is 0 Å². The van der Waals surface area contributed by atoms with Crippen LogP contribution in [0.2, 0.25) is 0 Å². The molecular weight excluding hydrogens is 464 g/mol. The fourth-order valence-electron chi connectivity index (χ4n) is 2.94. The molecule has 0 aliphatic heterocycles. The number of hydrogen-bond donors (Lipinski definition) is 4. The number of nitrogens with one attached hydrogen (secondary N) is 4. The molecule has 36 heavy (non-hydrogen) atoms. The molecule has 10 nitrogen and oxygen atoms in total. The highest BCUT2D eigenvalue weighted by Crippen LogP contribution is 2.26. The summed E-state index contributed by atoms with van der Waals surface area (Å²) in [6.45, 7) is 17.9. The van der Waals surface area contributed by atoms with Crippen molar-refractivity contribution in [2.75, 3.05) is 26.3 Å². The van der Waals surface area contributed by atoms with Crippen molar-refractivity contribution in [2.45, 2.75) is 52.6 Å². The maximum absolute atomic E-state index is 12.3. The fraction of sp³-hybridized carbons (Fsp3) is 0.462. The summed E-state index contributed by atoms with van der Waals surface area (Å²) < 4.78 is 10.3. The van der Waals surface area contributed by atoms with Crippen molar-refractivity contribution in [3.63, 3.8) is 0 Å². The van der Waals surface area contributed by atoms with Crippen LogP contribution in [0.1, 0.15) is 52.7 Å². The molecule has 0 bridgehead atoms. The van der Waals surface area contributed by atoms with Crippen LogP contribution >= 0.6 is 0 Å². The SMILES string of the molecule is C=C(C)C(=O)NCCOC(=O)NC(C)(C)c1cccc(C(C)(C)NC(=O)OCCNC(=O)C(=C)C)c1. The molecule has 0 spiro atoms. The van der Waals surface area contributed by atoms with E-state index in [1.54, 1.807) is 13.8 Å². The molecule has 0 saturated heterocycles. The summed E-state index contributed by atoms with van der Waals surface area (Å²) in [5, 5.41) is 10.8. The molecule has 0 atom stereocenters. The lowest BCUT2D eigenvalue weighted by atomic mass is 9.87. The highest BCUT2D eigenvalue weighted by molar-refractivity contribution is 5.92. The smallest absolute Gasteiger partial charge is 0.407 e. The quantitative estimate of drug-likeness (QED) is 0.256. The van der Waals surface area contributed by atoms with E-state index in [1.807, 2.05) is 52.0 Å². The minimum atomic E-state index is -0.786. The molecule has 0 saturated carbocycles. The molecule has 0 unspecified atom stereocenters. The molecule has 0 aromatic heterocycles. The zero-order chi connectivity index (χ0) is 27.5. The topological polar surface area (TPSA) is 135 Å². The minimum Gasteiger partial charge on any atom is -0.448 e. The van der Waals surface area contributed by atoms with Crippen LogP contribution in [0.5, 0.6) is 0 Å². The second kappa shape index (κ2) is 13.3. The normalized spacial score (nSPS) is 11.1. The van der Waals surface area contributed by atoms with Crippen molar-refractivity contribution < 1.29 is 28.7 Å². The average molecular weight is 503 g/mol. The zero-order valence-electron chi connectivity index (χ0n) is 22.0. The van der Waals surface area contributed by atoms with Crippen LogP contribution in [-0.4, -0.2) is 50.3 Å². The maximum atomic E-state index is 12.3. The summed E-state index contributed by atoms with van der Waals surface area (Å²) in [7, 11) is 0. The van der Waals surface area contributed by atoms with Gasteiger partial charge in [-0.15, -0.1) is 0 Å². The van der Waals surface area contributed by atoms with E-state index in [0.29, 0.717) is 11.1 Å². The van der Waals surface area contributed by atoms with Gasteiger partial charge in [0.1, 0.15) is 13.2 Å². The summed E-state index contributed by atoms with van der Waals surface area (Å²) in [4.78, 5) is 47.5. The predicted octanol–water partition coefficient (Wildman–Crippen LogP) is 2.99. The van der Waals surface area contributed by atoms with Gasteiger partial charge in [0, 0.05) is 11.1 Å². The molecule has 0 aliphatic carbocycles. The Balaban J connectivity index is 2.67. The van der Waals surface area contributed by atoms with Crippen molar-refractivity contribution in [3.05, 3.63) is 59.7 Å². The molecule has 0 aliphatic rings. The monoisotopic (exact) mass is 502 g/mol. The Labute approximate surface area is 212 Å². The van der Waals surface area contributed by atoms with Crippen LogP contribution in [0.25, 0.3) is 0 Å². The second-order valence-corrected chi connectivity index (χ2v) is 9.43. The van der Waals surface area contributed by atoms with E-state index in [1.165, 1.54) is 0 Å². The van der Waals surface area contributed by atoms with Gasteiger partial charge < -0.3 is 30.7 Å². The molecule has 1 aromatic carbocycles. The first kappa shape index (κ1) is 30.2. The van der Waals surface area contributed by atoms with Gasteiger partial charge in [0.2, 0.25) is 11.8 Å². The van der Waals surface area contributed by atoms with Crippen LogP contribution in [0.4, 0.5) is 9.59 Å². The largest absolute Gasteiger partial charge is 0.448 e. The van der Waals surface area contributed by atoms with Crippen LogP contribution in [-0.2, 0) is 30.1 Å². The Hall–Kier alpha value is -3.82. The van der Waals surface area contributed by atoms with E-state index < -0.39 is 23.3 Å². The number of hydrogen-bond acceptors (Lipinski definition) is 6. The highest BCUT2D eigenvalue weighted by atomic mass is 16.6. The molecule has 1 aromatic rings. The number of rotatable bonds is 12. The molecule has 0 radical (unpaired) electrons. The van der Waals surface area contributed by atoms with E-state index in [9.17, 15) is 19.2 Å². The third-order valence-electron chi connectivity index (χ3n) is 5.15. The maximum Gasteiger partial charge on any atom is 0.407 e. The Morgan fingerprint density at radius 2 is 1.11 bits per heavy atom. The van der Waals surface area contributed by atoms with Crippen LogP contribution < -0.4 is 21.3 Å². The lowest BCUT2D eigenvalue weighted by Crippen LogP contribution is -2.44. The van der Waals surface area contributed by atoms with E-state index in [2.05, 4.69) is 34.4 Å². The van der Waals surface area contributed by atoms with Crippen molar-refractivity contribution in [1.82, 2.24) is 21.3 Å². The van der Waals surface area contributed by atoms with Gasteiger partial charge in [0.15, 0.2) is 0 Å². The van der Waals surface area contributed by atoms with Gasteiger partial charge in [0.25, 0.3) is 0 Å². The number of carbonyl (C=O) groups excluding carboxylic acids is 4. The average Bonchev–Trinajstić information content (AvgIpc) is 2.78. The van der Waals surface area contributed by atoms with Crippen molar-refractivity contribution in [2.24, 2.45) is 0 Å². The van der Waals surface area contributed by atoms with Crippen molar-refractivity contribution in [1.29, 1.82) is 0 Å². The first-order chi connectivity index (χ1) is 16.7. The van der Waals surface area contributed by atoms with E-state index in [0.717, 1.165) is 11.1 Å². The Morgan fingerprint density at radius 1 is 0.750 bits per heavy atom. The van der Waals surface area contributed by atoms with Gasteiger partial charge in [-0.2, -0.15) is 0 Å². The van der Waals surface area contributed by atoms with E-state index in [-0.39, 0.29) is 38.1 Å². The Bertz CT molecular complexity index is 925. The number of amides is 4. The van der Waals surface area contributed by atoms with Gasteiger partial charge in [-0.05, 0) is 52.7 Å². The van der Waals surface area contributed by atoms with E-state index in [4.69, 9.17) is 9.47 Å². The van der Waals surface area contributed by atoms with Gasteiger partial charge in [-0.25, -0.2) is 9.59 Å². The number of carbonyl (C=O) groups is 4. The lowest BCUT2D eigenvalue weighted by molar-refractivity contribution is -0.118. The number of ether oxygens (including phenoxy) is 2. The molecule has 0 heterocycles. The standard InChI is InChI=1S/C26H38N4O6/c1-17(2)21(31)27-12-14-35-23(33)29-25(5,6)19-10-9-11-20(16-19)26(7,8)30-24(34)36-15-13-28-22(32)18(3)4/h9-11,16H,1,3,12-15H2,2,4-8H3,(H,27,31)(H,28,32)(H,29,33)(H,30,34). The zero-order valence-corrected chi connectivity index (χ0v) is 22.0. The molecule has 4 amide bonds. The minimum absolute atomic E-state index is 0.0108. The summed E-state index contributed by atoms with van der Waals surface area (Å²) in [6, 6.07) is 7.42.